The van der Waals surface area contributed by atoms with Gasteiger partial charge in [-0.1, -0.05) is 74.2 Å². The molecule has 3 rings (SSSR count). The third-order valence-corrected chi connectivity index (χ3v) is 6.50. The van der Waals surface area contributed by atoms with Gasteiger partial charge in [0.25, 0.3) is 0 Å². The molecule has 39 heavy (non-hydrogen) atoms. The Morgan fingerprint density at radius 1 is 0.718 bits per heavy atom. The van der Waals surface area contributed by atoms with Gasteiger partial charge in [-0.05, 0) is 57.2 Å². The number of nitrogens with zero attached hydrogens (tertiary/aromatic N) is 1. The number of ether oxygens (including phenoxy) is 3. The van der Waals surface area contributed by atoms with Crippen LogP contribution in [0, 0.1) is 20.8 Å². The molecule has 0 bridgehead atoms. The highest BCUT2D eigenvalue weighted by molar-refractivity contribution is 9.09. The van der Waals surface area contributed by atoms with Gasteiger partial charge in [-0.25, -0.2) is 14.4 Å². The lowest BCUT2D eigenvalue weighted by atomic mass is 10.1. The maximum atomic E-state index is 13.1. The Kier molecular flexibility index (Phi) is 10.8. The normalized spacial score (nSPS) is 13.3. The number of rotatable bonds is 11. The van der Waals surface area contributed by atoms with Crippen molar-refractivity contribution in [2.24, 2.45) is 5.16 Å². The van der Waals surface area contributed by atoms with Crippen molar-refractivity contribution in [3.63, 3.8) is 0 Å². The van der Waals surface area contributed by atoms with Gasteiger partial charge >= 0.3 is 17.9 Å². The third-order valence-electron chi connectivity index (χ3n) is 5.72. The molecular formula is C30H30BrNO7. The van der Waals surface area contributed by atoms with E-state index in [-0.39, 0.29) is 6.61 Å². The number of oxime groups is 1. The lowest BCUT2D eigenvalue weighted by Gasteiger charge is -2.28. The summed E-state index contributed by atoms with van der Waals surface area (Å²) in [5.74, 6) is -1.87. The molecule has 0 radical (unpaired) electrons. The molecule has 0 spiro atoms. The fourth-order valence-electron chi connectivity index (χ4n) is 3.44. The summed E-state index contributed by atoms with van der Waals surface area (Å²) in [7, 11) is 1.33. The molecule has 0 saturated carbocycles. The van der Waals surface area contributed by atoms with Crippen LogP contribution in [-0.2, 0) is 19.0 Å². The molecule has 204 valence electrons. The highest BCUT2D eigenvalue weighted by atomic mass is 79.9. The summed E-state index contributed by atoms with van der Waals surface area (Å²) in [5, 5.41) is 3.76. The number of benzene rings is 3. The summed E-state index contributed by atoms with van der Waals surface area (Å²) in [6.07, 6.45) is -1.11. The van der Waals surface area contributed by atoms with Crippen LogP contribution in [0.3, 0.4) is 0 Å². The molecule has 0 saturated heterocycles. The predicted molar refractivity (Wildman–Crippen MR) is 150 cm³/mol. The summed E-state index contributed by atoms with van der Waals surface area (Å²) in [6.45, 7) is 5.52. The van der Waals surface area contributed by atoms with Gasteiger partial charge in [-0.3, -0.25) is 0 Å². The van der Waals surface area contributed by atoms with E-state index in [1.807, 2.05) is 20.8 Å². The van der Waals surface area contributed by atoms with Crippen LogP contribution in [0.15, 0.2) is 78.0 Å². The number of halogens is 1. The Balaban J connectivity index is 1.85. The highest BCUT2D eigenvalue weighted by Crippen LogP contribution is 2.21. The number of aryl methyl sites for hydroxylation is 3. The molecule has 8 nitrogen and oxygen atoms in total. The Bertz CT molecular complexity index is 1290. The second-order valence-corrected chi connectivity index (χ2v) is 10.1. The molecule has 0 amide bonds. The van der Waals surface area contributed by atoms with Crippen molar-refractivity contribution in [2.45, 2.75) is 37.8 Å². The summed E-state index contributed by atoms with van der Waals surface area (Å²) < 4.78 is 17.0. The molecule has 0 aliphatic rings. The minimum Gasteiger partial charge on any atom is -0.461 e. The number of carbonyl (C=O) groups excluding carboxylic acids is 3. The number of esters is 3. The fraction of sp³-hybridized carbons (Fsp3) is 0.267. The second-order valence-electron chi connectivity index (χ2n) is 8.89. The number of hydrogen-bond donors (Lipinski definition) is 0. The molecule has 3 unspecified atom stereocenters. The van der Waals surface area contributed by atoms with E-state index in [0.29, 0.717) is 16.7 Å². The number of alkyl halides is 1. The van der Waals surface area contributed by atoms with Crippen molar-refractivity contribution < 1.29 is 33.4 Å². The SMILES string of the molecule is CO/N=C/C(OC(=O)c1ccc(C)cc1)C(OC(=O)c1ccc(C)cc1)C(Br)COC(=O)c1ccc(C)cc1. The van der Waals surface area contributed by atoms with Gasteiger partial charge in [-0.15, -0.1) is 0 Å². The van der Waals surface area contributed by atoms with Crippen molar-refractivity contribution in [1.82, 2.24) is 0 Å². The van der Waals surface area contributed by atoms with Gasteiger partial charge in [0, 0.05) is 0 Å². The molecule has 0 N–H and O–H groups in total. The third kappa shape index (κ3) is 8.78. The maximum Gasteiger partial charge on any atom is 0.338 e. The van der Waals surface area contributed by atoms with Crippen LogP contribution in [-0.4, -0.2) is 54.9 Å². The lowest BCUT2D eigenvalue weighted by molar-refractivity contribution is -0.0209. The molecule has 3 aromatic rings. The van der Waals surface area contributed by atoms with E-state index >= 15 is 0 Å². The molecule has 9 heteroatoms. The Morgan fingerprint density at radius 3 is 1.56 bits per heavy atom. The van der Waals surface area contributed by atoms with Gasteiger partial charge in [-0.2, -0.15) is 0 Å². The van der Waals surface area contributed by atoms with Crippen LogP contribution < -0.4 is 0 Å². The van der Waals surface area contributed by atoms with E-state index < -0.39 is 34.9 Å². The first kappa shape index (κ1) is 29.6. The Hall–Kier alpha value is -3.98. The largest absolute Gasteiger partial charge is 0.461 e. The molecule has 0 aliphatic heterocycles. The van der Waals surface area contributed by atoms with Crippen molar-refractivity contribution in [3.8, 4) is 0 Å². The minimum absolute atomic E-state index is 0.196. The van der Waals surface area contributed by atoms with E-state index in [4.69, 9.17) is 19.0 Å². The standard InChI is InChI=1S/C30H30BrNO7/c1-19-5-11-22(12-6-19)28(33)37-18-25(31)27(39-30(35)24-15-9-21(3)10-16-24)26(17-32-36-4)38-29(34)23-13-7-20(2)8-14-23/h5-17,25-27H,18H2,1-4H3/b32-17+. The average Bonchev–Trinajstić information content (AvgIpc) is 2.93. The number of carbonyl (C=O) groups is 3. The van der Waals surface area contributed by atoms with Crippen LogP contribution in [0.5, 0.6) is 0 Å². The molecule has 0 aromatic heterocycles. The Morgan fingerprint density at radius 2 is 1.13 bits per heavy atom. The summed E-state index contributed by atoms with van der Waals surface area (Å²) in [4.78, 5) is 42.7. The van der Waals surface area contributed by atoms with Crippen LogP contribution in [0.2, 0.25) is 0 Å². The molecule has 0 aliphatic carbocycles. The van der Waals surface area contributed by atoms with Crippen molar-refractivity contribution >= 4 is 40.1 Å². The van der Waals surface area contributed by atoms with Gasteiger partial charge in [0.1, 0.15) is 13.7 Å². The second kappa shape index (κ2) is 14.2. The van der Waals surface area contributed by atoms with Crippen LogP contribution in [0.4, 0.5) is 0 Å². The molecule has 0 fully saturated rings. The first-order valence-electron chi connectivity index (χ1n) is 12.2. The first-order valence-corrected chi connectivity index (χ1v) is 13.1. The molecule has 0 heterocycles. The van der Waals surface area contributed by atoms with E-state index in [1.54, 1.807) is 72.8 Å². The smallest absolute Gasteiger partial charge is 0.338 e. The van der Waals surface area contributed by atoms with Crippen LogP contribution >= 0.6 is 15.9 Å². The van der Waals surface area contributed by atoms with Crippen molar-refractivity contribution in [1.29, 1.82) is 0 Å². The fourth-order valence-corrected chi connectivity index (χ4v) is 3.98. The maximum absolute atomic E-state index is 13.1. The predicted octanol–water partition coefficient (Wildman–Crippen LogP) is 5.62. The van der Waals surface area contributed by atoms with Crippen molar-refractivity contribution in [3.05, 3.63) is 106 Å². The zero-order valence-corrected chi connectivity index (χ0v) is 23.7. The summed E-state index contributed by atoms with van der Waals surface area (Å²) in [5.41, 5.74) is 3.93. The van der Waals surface area contributed by atoms with Crippen LogP contribution in [0.1, 0.15) is 47.8 Å². The van der Waals surface area contributed by atoms with E-state index in [9.17, 15) is 14.4 Å². The zero-order chi connectivity index (χ0) is 28.4. The quantitative estimate of drug-likeness (QED) is 0.0932. The van der Waals surface area contributed by atoms with E-state index in [2.05, 4.69) is 21.1 Å². The minimum atomic E-state index is -1.18. The molecule has 3 atom stereocenters. The van der Waals surface area contributed by atoms with E-state index in [1.165, 1.54) is 13.3 Å². The molecular weight excluding hydrogens is 566 g/mol. The van der Waals surface area contributed by atoms with Gasteiger partial charge in [0.15, 0.2) is 12.2 Å². The first-order chi connectivity index (χ1) is 18.7. The Labute approximate surface area is 236 Å². The molecule has 3 aromatic carbocycles. The van der Waals surface area contributed by atoms with Gasteiger partial charge < -0.3 is 19.0 Å². The monoisotopic (exact) mass is 595 g/mol. The summed E-state index contributed by atoms with van der Waals surface area (Å²) in [6, 6.07) is 20.6. The van der Waals surface area contributed by atoms with E-state index in [0.717, 1.165) is 16.7 Å². The topological polar surface area (TPSA) is 100 Å². The van der Waals surface area contributed by atoms with Crippen molar-refractivity contribution in [2.75, 3.05) is 13.7 Å². The van der Waals surface area contributed by atoms with Crippen LogP contribution in [0.25, 0.3) is 0 Å². The van der Waals surface area contributed by atoms with Gasteiger partial charge in [0.2, 0.25) is 0 Å². The number of hydrogen-bond acceptors (Lipinski definition) is 8. The van der Waals surface area contributed by atoms with Gasteiger partial charge in [0.05, 0.1) is 27.7 Å². The highest BCUT2D eigenvalue weighted by Gasteiger charge is 2.35. The zero-order valence-electron chi connectivity index (χ0n) is 22.1. The summed E-state index contributed by atoms with van der Waals surface area (Å²) >= 11 is 3.47. The lowest BCUT2D eigenvalue weighted by Crippen LogP contribution is -2.44. The average molecular weight is 596 g/mol.